The fourth-order valence-electron chi connectivity index (χ4n) is 2.10. The molecule has 21 heavy (non-hydrogen) atoms. The summed E-state index contributed by atoms with van der Waals surface area (Å²) < 4.78 is 27.1. The van der Waals surface area contributed by atoms with E-state index in [4.69, 9.17) is 11.6 Å². The maximum atomic E-state index is 12.2. The summed E-state index contributed by atoms with van der Waals surface area (Å²) in [6.45, 7) is 5.31. The number of anilines is 1. The summed E-state index contributed by atoms with van der Waals surface area (Å²) in [5, 5.41) is 3.38. The van der Waals surface area contributed by atoms with E-state index >= 15 is 0 Å². The van der Waals surface area contributed by atoms with Crippen LogP contribution < -0.4 is 10.0 Å². The van der Waals surface area contributed by atoms with Gasteiger partial charge in [-0.25, -0.2) is 18.1 Å². The Kier molecular flexibility index (Phi) is 5.46. The number of nitrogens with one attached hydrogen (secondary N) is 2. The van der Waals surface area contributed by atoms with Crippen molar-refractivity contribution in [3.8, 4) is 0 Å². The molecule has 1 heterocycles. The maximum absolute atomic E-state index is 12.2. The minimum atomic E-state index is -3.55. The van der Waals surface area contributed by atoms with Crippen LogP contribution in [0.2, 0.25) is 5.02 Å². The first-order chi connectivity index (χ1) is 9.94. The van der Waals surface area contributed by atoms with Crippen LogP contribution in [0.3, 0.4) is 0 Å². The van der Waals surface area contributed by atoms with Gasteiger partial charge in [-0.3, -0.25) is 0 Å². The van der Waals surface area contributed by atoms with Crippen LogP contribution >= 0.6 is 11.6 Å². The van der Waals surface area contributed by atoms with Crippen molar-refractivity contribution in [3.05, 3.63) is 17.3 Å². The van der Waals surface area contributed by atoms with Gasteiger partial charge in [-0.1, -0.05) is 25.4 Å². The molecular formula is C14H22ClN3O2S. The molecule has 5 nitrogen and oxygen atoms in total. The highest BCUT2D eigenvalue weighted by atomic mass is 35.5. The van der Waals surface area contributed by atoms with Crippen LogP contribution in [0.5, 0.6) is 0 Å². The Labute approximate surface area is 131 Å². The molecule has 118 valence electrons. The third-order valence-corrected chi connectivity index (χ3v) is 5.37. The highest BCUT2D eigenvalue weighted by Crippen LogP contribution is 2.36. The summed E-state index contributed by atoms with van der Waals surface area (Å²) in [5.41, 5.74) is 0. The van der Waals surface area contributed by atoms with Gasteiger partial charge in [-0.2, -0.15) is 0 Å². The van der Waals surface area contributed by atoms with E-state index in [-0.39, 0.29) is 4.90 Å². The lowest BCUT2D eigenvalue weighted by molar-refractivity contribution is 0.491. The number of aromatic nitrogens is 1. The van der Waals surface area contributed by atoms with Crippen molar-refractivity contribution in [3.63, 3.8) is 0 Å². The van der Waals surface area contributed by atoms with Crippen molar-refractivity contribution in [2.24, 2.45) is 11.8 Å². The fourth-order valence-corrected chi connectivity index (χ4v) is 3.51. The summed E-state index contributed by atoms with van der Waals surface area (Å²) >= 11 is 6.08. The van der Waals surface area contributed by atoms with Gasteiger partial charge >= 0.3 is 0 Å². The van der Waals surface area contributed by atoms with Crippen molar-refractivity contribution in [2.45, 2.75) is 38.0 Å². The Hall–Kier alpha value is -0.850. The molecule has 1 unspecified atom stereocenters. The minimum Gasteiger partial charge on any atom is -0.369 e. The first kappa shape index (κ1) is 16.5. The first-order valence-electron chi connectivity index (χ1n) is 7.33. The Morgan fingerprint density at radius 3 is 2.76 bits per heavy atom. The van der Waals surface area contributed by atoms with E-state index in [0.717, 1.165) is 13.0 Å². The van der Waals surface area contributed by atoms with Crippen molar-refractivity contribution >= 4 is 27.4 Å². The van der Waals surface area contributed by atoms with Crippen molar-refractivity contribution in [1.29, 1.82) is 0 Å². The number of rotatable bonds is 8. The molecule has 1 aliphatic rings. The summed E-state index contributed by atoms with van der Waals surface area (Å²) in [4.78, 5) is 4.20. The SMILES string of the molecule is CCCNc1ncc(S(=O)(=O)NCC(C)C2CC2)cc1Cl. The minimum absolute atomic E-state index is 0.109. The third-order valence-electron chi connectivity index (χ3n) is 3.69. The predicted molar refractivity (Wildman–Crippen MR) is 85.1 cm³/mol. The molecule has 1 atom stereocenters. The van der Waals surface area contributed by atoms with E-state index in [2.05, 4.69) is 21.9 Å². The molecule has 0 amide bonds. The number of hydrogen-bond donors (Lipinski definition) is 2. The molecule has 0 saturated heterocycles. The summed E-state index contributed by atoms with van der Waals surface area (Å²) in [6.07, 6.45) is 4.69. The molecule has 1 saturated carbocycles. The first-order valence-corrected chi connectivity index (χ1v) is 9.19. The predicted octanol–water partition coefficient (Wildman–Crippen LogP) is 2.88. The zero-order valence-corrected chi connectivity index (χ0v) is 14.0. The van der Waals surface area contributed by atoms with Gasteiger partial charge in [0.25, 0.3) is 0 Å². The number of nitrogens with zero attached hydrogens (tertiary/aromatic N) is 1. The molecule has 1 aromatic rings. The number of hydrogen-bond acceptors (Lipinski definition) is 4. The molecule has 1 aromatic heterocycles. The Bertz CT molecular complexity index is 588. The Balaban J connectivity index is 2.03. The molecule has 2 rings (SSSR count). The summed E-state index contributed by atoms with van der Waals surface area (Å²) in [5.74, 6) is 1.55. The van der Waals surface area contributed by atoms with Crippen molar-refractivity contribution in [1.82, 2.24) is 9.71 Å². The molecular weight excluding hydrogens is 310 g/mol. The highest BCUT2D eigenvalue weighted by Gasteiger charge is 2.29. The smallest absolute Gasteiger partial charge is 0.242 e. The zero-order valence-electron chi connectivity index (χ0n) is 12.4. The topological polar surface area (TPSA) is 71.1 Å². The van der Waals surface area contributed by atoms with Crippen LogP contribution in [0.1, 0.15) is 33.1 Å². The van der Waals surface area contributed by atoms with Gasteiger partial charge in [0.15, 0.2) is 0 Å². The molecule has 0 aliphatic heterocycles. The molecule has 0 aromatic carbocycles. The molecule has 0 bridgehead atoms. The third kappa shape index (κ3) is 4.56. The largest absolute Gasteiger partial charge is 0.369 e. The van der Waals surface area contributed by atoms with E-state index in [0.29, 0.717) is 29.2 Å². The van der Waals surface area contributed by atoms with E-state index in [9.17, 15) is 8.42 Å². The monoisotopic (exact) mass is 331 g/mol. The zero-order chi connectivity index (χ0) is 15.5. The van der Waals surface area contributed by atoms with Gasteiger partial charge in [0, 0.05) is 19.3 Å². The molecule has 0 spiro atoms. The number of halogens is 1. The maximum Gasteiger partial charge on any atom is 0.242 e. The van der Waals surface area contributed by atoms with E-state index < -0.39 is 10.0 Å². The van der Waals surface area contributed by atoms with Crippen LogP contribution in [-0.2, 0) is 10.0 Å². The van der Waals surface area contributed by atoms with Crippen LogP contribution in [0.25, 0.3) is 0 Å². The quantitative estimate of drug-likeness (QED) is 0.768. The van der Waals surface area contributed by atoms with Gasteiger partial charge in [-0.15, -0.1) is 0 Å². The second-order valence-corrected chi connectivity index (χ2v) is 7.77. The van der Waals surface area contributed by atoms with Crippen LogP contribution in [0.15, 0.2) is 17.2 Å². The summed E-state index contributed by atoms with van der Waals surface area (Å²) in [7, 11) is -3.55. The van der Waals surface area contributed by atoms with E-state index in [1.165, 1.54) is 25.1 Å². The van der Waals surface area contributed by atoms with Gasteiger partial charge in [0.1, 0.15) is 10.7 Å². The van der Waals surface area contributed by atoms with Gasteiger partial charge in [0.2, 0.25) is 10.0 Å². The molecule has 7 heteroatoms. The average Bonchev–Trinajstić information content (AvgIpc) is 3.28. The Morgan fingerprint density at radius 1 is 1.48 bits per heavy atom. The standard InChI is InChI=1S/C14H22ClN3O2S/c1-3-6-16-14-13(15)7-12(9-17-14)21(19,20)18-8-10(2)11-4-5-11/h7,9-11,18H,3-6,8H2,1-2H3,(H,16,17). The van der Waals surface area contributed by atoms with E-state index in [1.807, 2.05) is 6.92 Å². The van der Waals surface area contributed by atoms with Crippen molar-refractivity contribution in [2.75, 3.05) is 18.4 Å². The second-order valence-electron chi connectivity index (χ2n) is 5.59. The second kappa shape index (κ2) is 6.94. The van der Waals surface area contributed by atoms with Crippen LogP contribution in [0, 0.1) is 11.8 Å². The molecule has 1 aliphatic carbocycles. The van der Waals surface area contributed by atoms with Gasteiger partial charge in [0.05, 0.1) is 5.02 Å². The lowest BCUT2D eigenvalue weighted by Crippen LogP contribution is -2.29. The molecule has 2 N–H and O–H groups in total. The molecule has 1 fully saturated rings. The lowest BCUT2D eigenvalue weighted by Gasteiger charge is -2.13. The van der Waals surface area contributed by atoms with E-state index in [1.54, 1.807) is 0 Å². The van der Waals surface area contributed by atoms with Gasteiger partial charge in [-0.05, 0) is 37.2 Å². The normalized spacial score (nSPS) is 16.7. The summed E-state index contributed by atoms with van der Waals surface area (Å²) in [6, 6.07) is 1.44. The average molecular weight is 332 g/mol. The van der Waals surface area contributed by atoms with Crippen molar-refractivity contribution < 1.29 is 8.42 Å². The molecule has 0 radical (unpaired) electrons. The highest BCUT2D eigenvalue weighted by molar-refractivity contribution is 7.89. The van der Waals surface area contributed by atoms with Crippen LogP contribution in [-0.4, -0.2) is 26.5 Å². The van der Waals surface area contributed by atoms with Crippen LogP contribution in [0.4, 0.5) is 5.82 Å². The number of pyridine rings is 1. The number of sulfonamides is 1. The lowest BCUT2D eigenvalue weighted by atomic mass is 10.1. The van der Waals surface area contributed by atoms with Gasteiger partial charge < -0.3 is 5.32 Å². The Morgan fingerprint density at radius 2 is 2.19 bits per heavy atom. The fraction of sp³-hybridized carbons (Fsp3) is 0.643.